The molecule has 2 fully saturated rings. The van der Waals surface area contributed by atoms with E-state index < -0.39 is 5.54 Å². The molecule has 1 aromatic carbocycles. The van der Waals surface area contributed by atoms with Gasteiger partial charge in [0.2, 0.25) is 6.08 Å². The molecular weight excluding hydrogens is 278 g/mol. The molecule has 0 spiro atoms. The average molecular weight is 294 g/mol. The smallest absolute Gasteiger partial charge is 0.235 e. The Morgan fingerprint density at radius 1 is 1.45 bits per heavy atom. The molecule has 1 heterocycles. The molecule has 0 amide bonds. The summed E-state index contributed by atoms with van der Waals surface area (Å²) in [7, 11) is 0. The van der Waals surface area contributed by atoms with Crippen LogP contribution in [-0.2, 0) is 15.1 Å². The minimum absolute atomic E-state index is 0.0732. The second kappa shape index (κ2) is 5.57. The predicted octanol–water partition coefficient (Wildman–Crippen LogP) is 3.22. The fourth-order valence-corrected chi connectivity index (χ4v) is 2.96. The number of aliphatic imine (C=N–C) groups is 1. The van der Waals surface area contributed by atoms with Crippen molar-refractivity contribution < 1.29 is 14.3 Å². The maximum Gasteiger partial charge on any atom is 0.235 e. The molecule has 1 aliphatic carbocycles. The molecule has 20 heavy (non-hydrogen) atoms. The Morgan fingerprint density at radius 2 is 2.30 bits per heavy atom. The van der Waals surface area contributed by atoms with Crippen molar-refractivity contribution in [3.8, 4) is 5.75 Å². The second-order valence-corrected chi connectivity index (χ2v) is 5.74. The molecule has 1 saturated heterocycles. The molecule has 0 N–H and O–H groups in total. The highest BCUT2D eigenvalue weighted by Gasteiger charge is 2.39. The van der Waals surface area contributed by atoms with Gasteiger partial charge in [0.05, 0.1) is 23.8 Å². The van der Waals surface area contributed by atoms with Crippen LogP contribution >= 0.6 is 11.6 Å². The van der Waals surface area contributed by atoms with Crippen LogP contribution in [0, 0.1) is 0 Å². The molecule has 1 aromatic rings. The SMILES string of the molecule is O=C=NC1(c2ccc(OC3CCOC3)c(Cl)c2)CCC1. The van der Waals surface area contributed by atoms with Crippen LogP contribution in [0.1, 0.15) is 31.2 Å². The Kier molecular flexibility index (Phi) is 3.79. The van der Waals surface area contributed by atoms with Crippen molar-refractivity contribution in [2.24, 2.45) is 4.99 Å². The highest BCUT2D eigenvalue weighted by atomic mass is 35.5. The minimum atomic E-state index is -0.416. The lowest BCUT2D eigenvalue weighted by Gasteiger charge is -2.37. The molecule has 1 aliphatic heterocycles. The summed E-state index contributed by atoms with van der Waals surface area (Å²) in [6, 6.07) is 5.65. The van der Waals surface area contributed by atoms with Gasteiger partial charge in [0.25, 0.3) is 0 Å². The second-order valence-electron chi connectivity index (χ2n) is 5.34. The van der Waals surface area contributed by atoms with Gasteiger partial charge in [0.15, 0.2) is 0 Å². The standard InChI is InChI=1S/C15H16ClNO3/c16-13-8-11(15(17-10-18)5-1-6-15)2-3-14(13)20-12-4-7-19-9-12/h2-3,8,12H,1,4-7,9H2. The number of halogens is 1. The lowest BCUT2D eigenvalue weighted by atomic mass is 9.72. The Hall–Kier alpha value is -1.35. The number of carbonyl (C=O) groups excluding carboxylic acids is 1. The number of ether oxygens (including phenoxy) is 2. The van der Waals surface area contributed by atoms with Crippen LogP contribution in [0.15, 0.2) is 23.2 Å². The van der Waals surface area contributed by atoms with Gasteiger partial charge >= 0.3 is 0 Å². The molecule has 1 atom stereocenters. The predicted molar refractivity (Wildman–Crippen MR) is 75.0 cm³/mol. The van der Waals surface area contributed by atoms with Crippen LogP contribution in [0.4, 0.5) is 0 Å². The molecule has 0 aromatic heterocycles. The quantitative estimate of drug-likeness (QED) is 0.632. The minimum Gasteiger partial charge on any atom is -0.486 e. The summed E-state index contributed by atoms with van der Waals surface area (Å²) in [4.78, 5) is 14.6. The third kappa shape index (κ3) is 2.47. The van der Waals surface area contributed by atoms with Gasteiger partial charge in [-0.1, -0.05) is 17.7 Å². The van der Waals surface area contributed by atoms with Crippen molar-refractivity contribution in [3.05, 3.63) is 28.8 Å². The fourth-order valence-electron chi connectivity index (χ4n) is 2.74. The lowest BCUT2D eigenvalue weighted by Crippen LogP contribution is -2.31. The molecule has 1 unspecified atom stereocenters. The number of rotatable bonds is 4. The van der Waals surface area contributed by atoms with Crippen LogP contribution < -0.4 is 4.74 Å². The van der Waals surface area contributed by atoms with E-state index in [1.807, 2.05) is 18.2 Å². The number of isocyanates is 1. The average Bonchev–Trinajstić information content (AvgIpc) is 2.89. The van der Waals surface area contributed by atoms with Crippen molar-refractivity contribution in [2.45, 2.75) is 37.3 Å². The van der Waals surface area contributed by atoms with Crippen molar-refractivity contribution in [3.63, 3.8) is 0 Å². The Balaban J connectivity index is 1.81. The van der Waals surface area contributed by atoms with E-state index >= 15 is 0 Å². The number of hydrogen-bond donors (Lipinski definition) is 0. The summed E-state index contributed by atoms with van der Waals surface area (Å²) < 4.78 is 11.1. The van der Waals surface area contributed by atoms with Gasteiger partial charge in [-0.15, -0.1) is 0 Å². The summed E-state index contributed by atoms with van der Waals surface area (Å²) in [5.74, 6) is 0.662. The van der Waals surface area contributed by atoms with E-state index in [1.165, 1.54) is 0 Å². The van der Waals surface area contributed by atoms with E-state index in [2.05, 4.69) is 4.99 Å². The van der Waals surface area contributed by atoms with Gasteiger partial charge in [-0.25, -0.2) is 4.79 Å². The van der Waals surface area contributed by atoms with Crippen LogP contribution in [0.3, 0.4) is 0 Å². The van der Waals surface area contributed by atoms with Crippen LogP contribution in [0.2, 0.25) is 5.02 Å². The van der Waals surface area contributed by atoms with E-state index in [0.717, 1.165) is 37.9 Å². The maximum absolute atomic E-state index is 10.6. The summed E-state index contributed by atoms with van der Waals surface area (Å²) in [5.41, 5.74) is 0.549. The van der Waals surface area contributed by atoms with E-state index in [-0.39, 0.29) is 6.10 Å². The Bertz CT molecular complexity index is 544. The van der Waals surface area contributed by atoms with E-state index in [9.17, 15) is 4.79 Å². The number of benzene rings is 1. The van der Waals surface area contributed by atoms with Gasteiger partial charge in [-0.3, -0.25) is 0 Å². The molecule has 0 bridgehead atoms. The first-order valence-electron chi connectivity index (χ1n) is 6.87. The van der Waals surface area contributed by atoms with Gasteiger partial charge in [-0.05, 0) is 37.0 Å². The third-order valence-electron chi connectivity index (χ3n) is 4.09. The largest absolute Gasteiger partial charge is 0.486 e. The number of nitrogens with zero attached hydrogens (tertiary/aromatic N) is 1. The molecule has 5 heteroatoms. The molecule has 4 nitrogen and oxygen atoms in total. The zero-order valence-corrected chi connectivity index (χ0v) is 11.9. The van der Waals surface area contributed by atoms with E-state index in [4.69, 9.17) is 21.1 Å². The Labute approximate surface area is 122 Å². The summed E-state index contributed by atoms with van der Waals surface area (Å²) in [6.07, 6.45) is 5.46. The molecule has 2 aliphatic rings. The van der Waals surface area contributed by atoms with Crippen molar-refractivity contribution in [1.82, 2.24) is 0 Å². The fraction of sp³-hybridized carbons (Fsp3) is 0.533. The first-order valence-corrected chi connectivity index (χ1v) is 7.25. The van der Waals surface area contributed by atoms with Gasteiger partial charge in [0.1, 0.15) is 11.9 Å². The van der Waals surface area contributed by atoms with Gasteiger partial charge < -0.3 is 9.47 Å². The molecule has 0 radical (unpaired) electrons. The molecule has 3 rings (SSSR count). The normalized spacial score (nSPS) is 23.8. The monoisotopic (exact) mass is 293 g/mol. The van der Waals surface area contributed by atoms with E-state index in [1.54, 1.807) is 6.08 Å². The number of hydrogen-bond acceptors (Lipinski definition) is 4. The zero-order chi connectivity index (χ0) is 14.0. The highest BCUT2D eigenvalue weighted by molar-refractivity contribution is 6.32. The molecule has 1 saturated carbocycles. The van der Waals surface area contributed by atoms with Crippen LogP contribution in [0.5, 0.6) is 5.75 Å². The van der Waals surface area contributed by atoms with E-state index in [0.29, 0.717) is 17.4 Å². The van der Waals surface area contributed by atoms with Crippen molar-refractivity contribution >= 4 is 17.7 Å². The van der Waals surface area contributed by atoms with Crippen molar-refractivity contribution in [2.75, 3.05) is 13.2 Å². The summed E-state index contributed by atoms with van der Waals surface area (Å²) in [6.45, 7) is 1.34. The Morgan fingerprint density at radius 3 is 2.85 bits per heavy atom. The lowest BCUT2D eigenvalue weighted by molar-refractivity contribution is 0.141. The zero-order valence-electron chi connectivity index (χ0n) is 11.1. The summed E-state index contributed by atoms with van der Waals surface area (Å²) >= 11 is 6.29. The van der Waals surface area contributed by atoms with Gasteiger partial charge in [-0.2, -0.15) is 4.99 Å². The summed E-state index contributed by atoms with van der Waals surface area (Å²) in [5, 5.41) is 0.557. The third-order valence-corrected chi connectivity index (χ3v) is 4.39. The van der Waals surface area contributed by atoms with Crippen LogP contribution in [0.25, 0.3) is 0 Å². The van der Waals surface area contributed by atoms with Gasteiger partial charge in [0, 0.05) is 6.42 Å². The maximum atomic E-state index is 10.6. The first-order chi connectivity index (χ1) is 9.73. The van der Waals surface area contributed by atoms with Crippen molar-refractivity contribution in [1.29, 1.82) is 0 Å². The first kappa shape index (κ1) is 13.6. The topological polar surface area (TPSA) is 47.9 Å². The van der Waals surface area contributed by atoms with Crippen LogP contribution in [-0.4, -0.2) is 25.4 Å². The molecule has 106 valence electrons. The molecular formula is C15H16ClNO3. The highest BCUT2D eigenvalue weighted by Crippen LogP contribution is 2.46.